The largest absolute Gasteiger partial charge is 0.325 e. The molecule has 1 aromatic heterocycles. The molecule has 6 heteroatoms. The van der Waals surface area contributed by atoms with Crippen molar-refractivity contribution in [2.75, 3.05) is 11.9 Å². The minimum Gasteiger partial charge on any atom is -0.325 e. The minimum atomic E-state index is -0.0890. The zero-order valence-electron chi connectivity index (χ0n) is 11.1. The fourth-order valence-electron chi connectivity index (χ4n) is 1.68. The van der Waals surface area contributed by atoms with Crippen molar-refractivity contribution in [2.45, 2.75) is 13.5 Å². The van der Waals surface area contributed by atoms with Gasteiger partial charge in [0.1, 0.15) is 5.82 Å². The van der Waals surface area contributed by atoms with E-state index in [4.69, 9.17) is 0 Å². The van der Waals surface area contributed by atoms with Gasteiger partial charge in [-0.3, -0.25) is 4.79 Å². The number of halogens is 1. The van der Waals surface area contributed by atoms with Crippen LogP contribution in [0.2, 0.25) is 0 Å². The van der Waals surface area contributed by atoms with Gasteiger partial charge in [-0.05, 0) is 31.2 Å². The summed E-state index contributed by atoms with van der Waals surface area (Å²) in [4.78, 5) is 20.0. The van der Waals surface area contributed by atoms with E-state index in [0.29, 0.717) is 6.54 Å². The Morgan fingerprint density at radius 2 is 2.20 bits per heavy atom. The first-order valence-electron chi connectivity index (χ1n) is 6.18. The van der Waals surface area contributed by atoms with Crippen LogP contribution in [-0.4, -0.2) is 22.4 Å². The van der Waals surface area contributed by atoms with Gasteiger partial charge in [0, 0.05) is 22.9 Å². The number of rotatable bonds is 5. The van der Waals surface area contributed by atoms with E-state index in [1.165, 1.54) is 0 Å². The molecule has 0 saturated heterocycles. The van der Waals surface area contributed by atoms with Crippen molar-refractivity contribution in [1.82, 2.24) is 15.3 Å². The molecule has 104 valence electrons. The molecule has 1 heterocycles. The summed E-state index contributed by atoms with van der Waals surface area (Å²) in [7, 11) is 0. The van der Waals surface area contributed by atoms with Gasteiger partial charge in [-0.2, -0.15) is 0 Å². The third kappa shape index (κ3) is 4.71. The zero-order valence-corrected chi connectivity index (χ0v) is 12.6. The van der Waals surface area contributed by atoms with E-state index < -0.39 is 0 Å². The smallest absolute Gasteiger partial charge is 0.238 e. The maximum Gasteiger partial charge on any atom is 0.238 e. The molecule has 0 unspecified atom stereocenters. The first-order chi connectivity index (χ1) is 9.63. The average Bonchev–Trinajstić information content (AvgIpc) is 2.38. The third-order valence-corrected chi connectivity index (χ3v) is 3.03. The predicted molar refractivity (Wildman–Crippen MR) is 81.2 cm³/mol. The molecule has 2 N–H and O–H groups in total. The lowest BCUT2D eigenvalue weighted by atomic mass is 10.3. The summed E-state index contributed by atoms with van der Waals surface area (Å²) in [5.41, 5.74) is 1.64. The van der Waals surface area contributed by atoms with Crippen LogP contribution in [0.25, 0.3) is 0 Å². The van der Waals surface area contributed by atoms with Gasteiger partial charge in [0.25, 0.3) is 0 Å². The van der Waals surface area contributed by atoms with E-state index in [1.807, 2.05) is 37.3 Å². The summed E-state index contributed by atoms with van der Waals surface area (Å²) in [6, 6.07) is 9.30. The molecule has 0 spiro atoms. The summed E-state index contributed by atoms with van der Waals surface area (Å²) in [6.45, 7) is 2.61. The van der Waals surface area contributed by atoms with Gasteiger partial charge in [-0.15, -0.1) is 0 Å². The number of benzene rings is 1. The van der Waals surface area contributed by atoms with Crippen LogP contribution in [0.5, 0.6) is 0 Å². The maximum atomic E-state index is 11.8. The monoisotopic (exact) mass is 334 g/mol. The van der Waals surface area contributed by atoms with Crippen molar-refractivity contribution < 1.29 is 4.79 Å². The van der Waals surface area contributed by atoms with E-state index >= 15 is 0 Å². The summed E-state index contributed by atoms with van der Waals surface area (Å²) in [5, 5.41) is 5.87. The first kappa shape index (κ1) is 14.6. The lowest BCUT2D eigenvalue weighted by molar-refractivity contribution is -0.115. The van der Waals surface area contributed by atoms with Crippen molar-refractivity contribution in [1.29, 1.82) is 0 Å². The molecular weight excluding hydrogens is 320 g/mol. The SMILES string of the molecule is Cc1nccc(CNCC(=O)Nc2cccc(Br)c2)n1. The van der Waals surface area contributed by atoms with Crippen LogP contribution in [-0.2, 0) is 11.3 Å². The number of hydrogen-bond acceptors (Lipinski definition) is 4. The van der Waals surface area contributed by atoms with Gasteiger partial charge < -0.3 is 10.6 Å². The molecule has 2 rings (SSSR count). The van der Waals surface area contributed by atoms with Crippen molar-refractivity contribution >= 4 is 27.5 Å². The minimum absolute atomic E-state index is 0.0890. The number of carbonyl (C=O) groups excluding carboxylic acids is 1. The summed E-state index contributed by atoms with van der Waals surface area (Å²) in [5.74, 6) is 0.636. The Balaban J connectivity index is 1.78. The van der Waals surface area contributed by atoms with Crippen LogP contribution < -0.4 is 10.6 Å². The van der Waals surface area contributed by atoms with E-state index in [9.17, 15) is 4.79 Å². The summed E-state index contributed by atoms with van der Waals surface area (Å²) >= 11 is 3.36. The van der Waals surface area contributed by atoms with Gasteiger partial charge in [0.2, 0.25) is 5.91 Å². The van der Waals surface area contributed by atoms with Crippen LogP contribution in [0.1, 0.15) is 11.5 Å². The fourth-order valence-corrected chi connectivity index (χ4v) is 2.08. The molecule has 0 aliphatic rings. The highest BCUT2D eigenvalue weighted by atomic mass is 79.9. The van der Waals surface area contributed by atoms with Crippen molar-refractivity contribution in [3.8, 4) is 0 Å². The fraction of sp³-hybridized carbons (Fsp3) is 0.214. The maximum absolute atomic E-state index is 11.8. The van der Waals surface area contributed by atoms with E-state index in [2.05, 4.69) is 36.5 Å². The predicted octanol–water partition coefficient (Wildman–Crippen LogP) is 2.28. The van der Waals surface area contributed by atoms with Gasteiger partial charge in [-0.1, -0.05) is 22.0 Å². The number of carbonyl (C=O) groups is 1. The second kappa shape index (κ2) is 7.12. The third-order valence-electron chi connectivity index (χ3n) is 2.53. The Labute approximate surface area is 126 Å². The zero-order chi connectivity index (χ0) is 14.4. The standard InChI is InChI=1S/C14H15BrN4O/c1-10-17-6-5-13(18-10)8-16-9-14(20)19-12-4-2-3-11(15)7-12/h2-7,16H,8-9H2,1H3,(H,19,20). The molecule has 1 aromatic carbocycles. The molecule has 0 aliphatic heterocycles. The molecule has 0 bridgehead atoms. The Morgan fingerprint density at radius 3 is 2.95 bits per heavy atom. The van der Waals surface area contributed by atoms with Gasteiger partial charge >= 0.3 is 0 Å². The molecule has 2 aromatic rings. The van der Waals surface area contributed by atoms with E-state index in [1.54, 1.807) is 6.20 Å². The summed E-state index contributed by atoms with van der Waals surface area (Å²) < 4.78 is 0.930. The Bertz CT molecular complexity index is 603. The molecule has 20 heavy (non-hydrogen) atoms. The number of amides is 1. The topological polar surface area (TPSA) is 66.9 Å². The summed E-state index contributed by atoms with van der Waals surface area (Å²) in [6.07, 6.45) is 1.71. The number of nitrogens with zero attached hydrogens (tertiary/aromatic N) is 2. The Hall–Kier alpha value is -1.79. The molecular formula is C14H15BrN4O. The highest BCUT2D eigenvalue weighted by Crippen LogP contribution is 2.15. The first-order valence-corrected chi connectivity index (χ1v) is 6.97. The van der Waals surface area contributed by atoms with Gasteiger partial charge in [0.05, 0.1) is 12.2 Å². The highest BCUT2D eigenvalue weighted by Gasteiger charge is 2.03. The van der Waals surface area contributed by atoms with Crippen LogP contribution in [0.4, 0.5) is 5.69 Å². The molecule has 0 aliphatic carbocycles. The number of hydrogen-bond donors (Lipinski definition) is 2. The quantitative estimate of drug-likeness (QED) is 0.880. The normalized spacial score (nSPS) is 10.3. The Kier molecular flexibility index (Phi) is 5.20. The molecule has 0 saturated carbocycles. The molecule has 5 nitrogen and oxygen atoms in total. The van der Waals surface area contributed by atoms with Crippen LogP contribution in [0.15, 0.2) is 41.0 Å². The number of anilines is 1. The lowest BCUT2D eigenvalue weighted by Gasteiger charge is -2.07. The highest BCUT2D eigenvalue weighted by molar-refractivity contribution is 9.10. The van der Waals surface area contributed by atoms with Gasteiger partial charge in [0.15, 0.2) is 0 Å². The van der Waals surface area contributed by atoms with E-state index in [0.717, 1.165) is 21.7 Å². The Morgan fingerprint density at radius 1 is 1.35 bits per heavy atom. The number of aryl methyl sites for hydroxylation is 1. The average molecular weight is 335 g/mol. The van der Waals surface area contributed by atoms with Crippen LogP contribution in [0.3, 0.4) is 0 Å². The lowest BCUT2D eigenvalue weighted by Crippen LogP contribution is -2.28. The van der Waals surface area contributed by atoms with Gasteiger partial charge in [-0.25, -0.2) is 9.97 Å². The molecule has 0 radical (unpaired) electrons. The number of aromatic nitrogens is 2. The molecule has 1 amide bonds. The molecule has 0 atom stereocenters. The van der Waals surface area contributed by atoms with E-state index in [-0.39, 0.29) is 12.5 Å². The van der Waals surface area contributed by atoms with Crippen molar-refractivity contribution in [3.05, 3.63) is 52.5 Å². The van der Waals surface area contributed by atoms with Crippen molar-refractivity contribution in [3.63, 3.8) is 0 Å². The van der Waals surface area contributed by atoms with Crippen molar-refractivity contribution in [2.24, 2.45) is 0 Å². The number of nitrogens with one attached hydrogen (secondary N) is 2. The van der Waals surface area contributed by atoms with Crippen LogP contribution >= 0.6 is 15.9 Å². The molecule has 0 fully saturated rings. The second-order valence-electron chi connectivity index (χ2n) is 4.26. The second-order valence-corrected chi connectivity index (χ2v) is 5.17. The van der Waals surface area contributed by atoms with Crippen LogP contribution in [0, 0.1) is 6.92 Å².